The summed E-state index contributed by atoms with van der Waals surface area (Å²) in [5.41, 5.74) is 0.509. The number of hydrogen-bond acceptors (Lipinski definition) is 5. The van der Waals surface area contributed by atoms with E-state index in [0.717, 1.165) is 0 Å². The van der Waals surface area contributed by atoms with E-state index in [1.807, 2.05) is 0 Å². The number of ether oxygens (including phenoxy) is 1. The van der Waals surface area contributed by atoms with Gasteiger partial charge in [-0.2, -0.15) is 13.2 Å². The number of hydrogen-bond donors (Lipinski definition) is 2. The summed E-state index contributed by atoms with van der Waals surface area (Å²) in [5.74, 6) is 0.252. The van der Waals surface area contributed by atoms with E-state index in [-0.39, 0.29) is 5.88 Å². The molecule has 5 nitrogen and oxygen atoms in total. The Hall–Kier alpha value is -1.73. The van der Waals surface area contributed by atoms with Crippen LogP contribution in [0, 0.1) is 0 Å². The molecule has 0 atom stereocenters. The van der Waals surface area contributed by atoms with Gasteiger partial charge in [-0.25, -0.2) is 0 Å². The van der Waals surface area contributed by atoms with Gasteiger partial charge in [-0.1, -0.05) is 0 Å². The first kappa shape index (κ1) is 12.3. The highest BCUT2D eigenvalue weighted by atomic mass is 19.4. The summed E-state index contributed by atoms with van der Waals surface area (Å²) in [6.07, 6.45) is -4.39. The lowest BCUT2D eigenvalue weighted by atomic mass is 10.4. The molecule has 8 heteroatoms. The van der Waals surface area contributed by atoms with Crippen molar-refractivity contribution in [2.45, 2.75) is 6.18 Å². The summed E-state index contributed by atoms with van der Waals surface area (Å²) in [6, 6.07) is 1.34. The van der Waals surface area contributed by atoms with Gasteiger partial charge in [-0.05, 0) is 0 Å². The monoisotopic (exact) mass is 236 g/mol. The number of nitrogens with zero attached hydrogens (tertiary/aromatic N) is 2. The van der Waals surface area contributed by atoms with Crippen molar-refractivity contribution in [2.24, 2.45) is 0 Å². The molecule has 2 N–H and O–H groups in total. The Morgan fingerprint density at radius 2 is 1.94 bits per heavy atom. The number of rotatable bonds is 4. The zero-order valence-corrected chi connectivity index (χ0v) is 8.72. The second-order valence-corrected chi connectivity index (χ2v) is 2.85. The molecule has 0 fully saturated rings. The smallest absolute Gasteiger partial charge is 0.422 e. The molecule has 0 saturated carbocycles. The zero-order chi connectivity index (χ0) is 12.2. The predicted octanol–water partition coefficient (Wildman–Crippen LogP) is 1.50. The van der Waals surface area contributed by atoms with Gasteiger partial charge in [0.25, 0.3) is 0 Å². The van der Waals surface area contributed by atoms with Crippen LogP contribution in [-0.4, -0.2) is 37.1 Å². The van der Waals surface area contributed by atoms with Crippen LogP contribution >= 0.6 is 0 Å². The first-order chi connectivity index (χ1) is 7.46. The van der Waals surface area contributed by atoms with Crippen molar-refractivity contribution in [3.63, 3.8) is 0 Å². The van der Waals surface area contributed by atoms with E-state index < -0.39 is 12.8 Å². The van der Waals surface area contributed by atoms with E-state index in [1.54, 1.807) is 14.1 Å². The highest BCUT2D eigenvalue weighted by molar-refractivity contribution is 5.64. The van der Waals surface area contributed by atoms with Gasteiger partial charge in [0.2, 0.25) is 5.88 Å². The van der Waals surface area contributed by atoms with Crippen molar-refractivity contribution in [3.8, 4) is 5.88 Å². The average Bonchev–Trinajstić information content (AvgIpc) is 2.25. The Morgan fingerprint density at radius 3 is 2.44 bits per heavy atom. The molecule has 0 aliphatic heterocycles. The topological polar surface area (TPSA) is 59.1 Å². The molecule has 0 unspecified atom stereocenters. The molecule has 1 aromatic heterocycles. The fourth-order valence-corrected chi connectivity index (χ4v) is 0.975. The third kappa shape index (κ3) is 3.44. The van der Waals surface area contributed by atoms with Gasteiger partial charge in [0.15, 0.2) is 12.4 Å². The van der Waals surface area contributed by atoms with Crippen molar-refractivity contribution in [1.29, 1.82) is 0 Å². The van der Waals surface area contributed by atoms with Gasteiger partial charge in [0, 0.05) is 20.2 Å². The Kier molecular flexibility index (Phi) is 3.75. The van der Waals surface area contributed by atoms with Crippen LogP contribution in [0.5, 0.6) is 5.88 Å². The lowest BCUT2D eigenvalue weighted by molar-refractivity contribution is -0.154. The molecular weight excluding hydrogens is 225 g/mol. The van der Waals surface area contributed by atoms with Crippen molar-refractivity contribution in [1.82, 2.24) is 10.2 Å². The van der Waals surface area contributed by atoms with Crippen molar-refractivity contribution in [2.75, 3.05) is 31.3 Å². The largest absolute Gasteiger partial charge is 0.467 e. The van der Waals surface area contributed by atoms with E-state index in [0.29, 0.717) is 11.5 Å². The van der Waals surface area contributed by atoms with E-state index in [9.17, 15) is 13.2 Å². The summed E-state index contributed by atoms with van der Waals surface area (Å²) in [5, 5.41) is 12.6. The van der Waals surface area contributed by atoms with E-state index in [4.69, 9.17) is 0 Å². The van der Waals surface area contributed by atoms with Gasteiger partial charge >= 0.3 is 6.18 Å². The molecule has 0 bridgehead atoms. The fourth-order valence-electron chi connectivity index (χ4n) is 0.975. The molecule has 0 spiro atoms. The van der Waals surface area contributed by atoms with Crippen molar-refractivity contribution in [3.05, 3.63) is 6.07 Å². The minimum absolute atomic E-state index is 0.180. The van der Waals surface area contributed by atoms with Crippen LogP contribution in [0.1, 0.15) is 0 Å². The molecule has 1 rings (SSSR count). The average molecular weight is 236 g/mol. The van der Waals surface area contributed by atoms with Crippen LogP contribution < -0.4 is 15.4 Å². The first-order valence-electron chi connectivity index (χ1n) is 4.39. The van der Waals surface area contributed by atoms with Crippen LogP contribution in [0.3, 0.4) is 0 Å². The lowest BCUT2D eigenvalue weighted by Crippen LogP contribution is -2.20. The van der Waals surface area contributed by atoms with Crippen LogP contribution in [0.2, 0.25) is 0 Å². The summed E-state index contributed by atoms with van der Waals surface area (Å²) < 4.78 is 40.1. The van der Waals surface area contributed by atoms with Crippen LogP contribution in [0.4, 0.5) is 24.7 Å². The third-order valence-electron chi connectivity index (χ3n) is 1.66. The molecule has 0 saturated heterocycles. The summed E-state index contributed by atoms with van der Waals surface area (Å²) in [4.78, 5) is 0. The van der Waals surface area contributed by atoms with Crippen LogP contribution in [-0.2, 0) is 0 Å². The van der Waals surface area contributed by atoms with E-state index in [2.05, 4.69) is 25.6 Å². The van der Waals surface area contributed by atoms with Crippen molar-refractivity contribution >= 4 is 11.5 Å². The predicted molar refractivity (Wildman–Crippen MR) is 52.7 cm³/mol. The maximum atomic E-state index is 11.9. The van der Waals surface area contributed by atoms with E-state index >= 15 is 0 Å². The molecule has 0 aliphatic carbocycles. The third-order valence-corrected chi connectivity index (χ3v) is 1.66. The Balaban J connectivity index is 2.75. The number of aromatic nitrogens is 2. The number of halogens is 3. The first-order valence-corrected chi connectivity index (χ1v) is 4.39. The van der Waals surface area contributed by atoms with Gasteiger partial charge in [-0.3, -0.25) is 0 Å². The van der Waals surface area contributed by atoms with Gasteiger partial charge < -0.3 is 15.4 Å². The second kappa shape index (κ2) is 4.86. The highest BCUT2D eigenvalue weighted by Crippen LogP contribution is 2.22. The number of alkyl halides is 3. The molecule has 1 heterocycles. The molecular formula is C8H11F3N4O. The summed E-state index contributed by atoms with van der Waals surface area (Å²) >= 11 is 0. The van der Waals surface area contributed by atoms with Crippen LogP contribution in [0.25, 0.3) is 0 Å². The zero-order valence-electron chi connectivity index (χ0n) is 8.72. The maximum Gasteiger partial charge on any atom is 0.422 e. The maximum absolute atomic E-state index is 11.9. The SMILES string of the molecule is CNc1cc(OCC(F)(F)F)nnc1NC. The quantitative estimate of drug-likeness (QED) is 0.829. The fraction of sp³-hybridized carbons (Fsp3) is 0.500. The molecule has 1 aromatic rings. The molecule has 0 aliphatic rings. The Labute approximate surface area is 90.0 Å². The lowest BCUT2D eigenvalue weighted by Gasteiger charge is -2.10. The molecule has 0 radical (unpaired) electrons. The minimum atomic E-state index is -4.39. The second-order valence-electron chi connectivity index (χ2n) is 2.85. The van der Waals surface area contributed by atoms with E-state index in [1.165, 1.54) is 6.07 Å². The van der Waals surface area contributed by atoms with Crippen molar-refractivity contribution < 1.29 is 17.9 Å². The van der Waals surface area contributed by atoms with Gasteiger partial charge in [0.05, 0.1) is 5.69 Å². The Bertz CT molecular complexity index is 356. The normalized spacial score (nSPS) is 11.1. The standard InChI is InChI=1S/C8H11F3N4O/c1-12-5-3-6(14-15-7(5)13-2)16-4-8(9,10)11/h3H,4H2,1-2H3,(H,12,14)(H,13,15). The van der Waals surface area contributed by atoms with Gasteiger partial charge in [0.1, 0.15) is 0 Å². The molecule has 0 amide bonds. The minimum Gasteiger partial charge on any atom is -0.467 e. The summed E-state index contributed by atoms with van der Waals surface area (Å²) in [6.45, 7) is -1.39. The molecule has 16 heavy (non-hydrogen) atoms. The van der Waals surface area contributed by atoms with Crippen LogP contribution in [0.15, 0.2) is 6.07 Å². The molecule has 0 aromatic carbocycles. The molecule has 90 valence electrons. The summed E-state index contributed by atoms with van der Waals surface area (Å²) in [7, 11) is 3.24. The number of anilines is 2. The van der Waals surface area contributed by atoms with Gasteiger partial charge in [-0.15, -0.1) is 10.2 Å². The Morgan fingerprint density at radius 1 is 1.25 bits per heavy atom. The highest BCUT2D eigenvalue weighted by Gasteiger charge is 2.28. The number of nitrogens with one attached hydrogen (secondary N) is 2.